The maximum absolute atomic E-state index is 13.0. The van der Waals surface area contributed by atoms with E-state index in [1.807, 2.05) is 19.9 Å². The number of sulfonamides is 2. The largest absolute Gasteiger partial charge is 0.495 e. The van der Waals surface area contributed by atoms with Gasteiger partial charge in [0.15, 0.2) is 0 Å². The summed E-state index contributed by atoms with van der Waals surface area (Å²) in [7, 11) is -5.88. The molecule has 10 nitrogen and oxygen atoms in total. The summed E-state index contributed by atoms with van der Waals surface area (Å²) in [6, 6.07) is 9.85. The summed E-state index contributed by atoms with van der Waals surface area (Å²) >= 11 is 0. The molecule has 1 fully saturated rings. The second kappa shape index (κ2) is 11.6. The predicted octanol–water partition coefficient (Wildman–Crippen LogP) is 2.52. The fraction of sp³-hybridized carbons (Fsp3) is 0.458. The number of amides is 1. The van der Waals surface area contributed by atoms with Crippen molar-refractivity contribution in [3.05, 3.63) is 47.5 Å². The number of carbonyl (C=O) groups excluding carboxylic acids is 1. The van der Waals surface area contributed by atoms with Crippen LogP contribution in [0.15, 0.2) is 41.3 Å². The van der Waals surface area contributed by atoms with Crippen LogP contribution in [0.4, 0.5) is 11.4 Å². The first-order valence-electron chi connectivity index (χ1n) is 11.5. The average molecular weight is 540 g/mol. The van der Waals surface area contributed by atoms with Gasteiger partial charge in [-0.1, -0.05) is 6.07 Å². The highest BCUT2D eigenvalue weighted by molar-refractivity contribution is 7.92. The van der Waals surface area contributed by atoms with Gasteiger partial charge in [-0.3, -0.25) is 9.10 Å². The van der Waals surface area contributed by atoms with Crippen LogP contribution < -0.4 is 14.4 Å². The Hall–Kier alpha value is -2.67. The lowest BCUT2D eigenvalue weighted by molar-refractivity contribution is -0.116. The predicted molar refractivity (Wildman–Crippen MR) is 139 cm³/mol. The monoisotopic (exact) mass is 539 g/mol. The van der Waals surface area contributed by atoms with Crippen molar-refractivity contribution in [3.8, 4) is 5.75 Å². The van der Waals surface area contributed by atoms with Crippen molar-refractivity contribution in [1.29, 1.82) is 0 Å². The number of aryl methyl sites for hydroxylation is 2. The molecule has 0 unspecified atom stereocenters. The van der Waals surface area contributed by atoms with Gasteiger partial charge in [0.2, 0.25) is 26.0 Å². The number of morpholine rings is 1. The molecule has 0 bridgehead atoms. The maximum atomic E-state index is 13.0. The second-order valence-electron chi connectivity index (χ2n) is 8.71. The normalized spacial score (nSPS) is 14.9. The molecule has 0 spiro atoms. The molecule has 2 aromatic carbocycles. The number of anilines is 2. The van der Waals surface area contributed by atoms with Crippen LogP contribution in [0.1, 0.15) is 24.0 Å². The van der Waals surface area contributed by atoms with E-state index in [0.717, 1.165) is 17.4 Å². The van der Waals surface area contributed by atoms with E-state index in [1.165, 1.54) is 33.9 Å². The number of hydrogen-bond acceptors (Lipinski definition) is 7. The molecule has 0 aromatic heterocycles. The molecule has 1 N–H and O–H groups in total. The van der Waals surface area contributed by atoms with Gasteiger partial charge in [-0.2, -0.15) is 4.31 Å². The zero-order valence-corrected chi connectivity index (χ0v) is 22.6. The molecule has 1 aliphatic rings. The molecule has 2 aromatic rings. The molecule has 0 saturated carbocycles. The molecule has 0 aliphatic carbocycles. The Morgan fingerprint density at radius 3 is 2.28 bits per heavy atom. The van der Waals surface area contributed by atoms with Crippen molar-refractivity contribution >= 4 is 37.3 Å². The van der Waals surface area contributed by atoms with Crippen molar-refractivity contribution in [2.24, 2.45) is 0 Å². The van der Waals surface area contributed by atoms with Crippen LogP contribution in [0.5, 0.6) is 5.75 Å². The zero-order chi connectivity index (χ0) is 26.5. The molecular formula is C24H33N3O7S2. The maximum Gasteiger partial charge on any atom is 0.243 e. The molecule has 3 rings (SSSR count). The molecule has 1 heterocycles. The molecule has 198 valence electrons. The zero-order valence-electron chi connectivity index (χ0n) is 21.0. The van der Waals surface area contributed by atoms with Gasteiger partial charge >= 0.3 is 0 Å². The lowest BCUT2D eigenvalue weighted by atomic mass is 10.1. The van der Waals surface area contributed by atoms with Crippen LogP contribution >= 0.6 is 0 Å². The fourth-order valence-corrected chi connectivity index (χ4v) is 6.44. The standard InChI is InChI=1S/C24H33N3O7S2/c1-18-14-19(2)16-20(15-18)27(35(4,29)30)9-5-6-24(28)25-22-17-21(7-8-23(22)33-3)36(31,32)26-10-12-34-13-11-26/h7-8,14-17H,5-6,9-13H2,1-4H3,(H,25,28). The lowest BCUT2D eigenvalue weighted by Crippen LogP contribution is -2.40. The Labute approximate surface area is 213 Å². The van der Waals surface area contributed by atoms with E-state index in [2.05, 4.69) is 5.32 Å². The Bertz CT molecular complexity index is 1280. The number of nitrogens with zero attached hydrogens (tertiary/aromatic N) is 2. The third kappa shape index (κ3) is 6.96. The van der Waals surface area contributed by atoms with Gasteiger partial charge in [-0.25, -0.2) is 16.8 Å². The average Bonchev–Trinajstić information content (AvgIpc) is 2.81. The molecule has 0 radical (unpaired) electrons. The van der Waals surface area contributed by atoms with Crippen LogP contribution in [-0.2, 0) is 29.6 Å². The van der Waals surface area contributed by atoms with E-state index in [4.69, 9.17) is 9.47 Å². The Balaban J connectivity index is 1.70. The van der Waals surface area contributed by atoms with Crippen LogP contribution in [0.3, 0.4) is 0 Å². The van der Waals surface area contributed by atoms with Gasteiger partial charge in [-0.15, -0.1) is 0 Å². The van der Waals surface area contributed by atoms with Gasteiger partial charge in [0.05, 0.1) is 42.8 Å². The van der Waals surface area contributed by atoms with E-state index in [0.29, 0.717) is 24.7 Å². The van der Waals surface area contributed by atoms with Crippen LogP contribution in [-0.4, -0.2) is 73.3 Å². The quantitative estimate of drug-likeness (QED) is 0.492. The second-order valence-corrected chi connectivity index (χ2v) is 12.6. The molecular weight excluding hydrogens is 506 g/mol. The first kappa shape index (κ1) is 27.9. The minimum absolute atomic E-state index is 0.0282. The number of carbonyl (C=O) groups is 1. The van der Waals surface area contributed by atoms with Gasteiger partial charge in [-0.05, 0) is 61.7 Å². The highest BCUT2D eigenvalue weighted by atomic mass is 32.2. The number of hydrogen-bond donors (Lipinski definition) is 1. The molecule has 1 aliphatic heterocycles. The summed E-state index contributed by atoms with van der Waals surface area (Å²) < 4.78 is 64.0. The van der Waals surface area contributed by atoms with E-state index in [-0.39, 0.29) is 49.0 Å². The fourth-order valence-electron chi connectivity index (χ4n) is 4.06. The van der Waals surface area contributed by atoms with Crippen molar-refractivity contribution in [3.63, 3.8) is 0 Å². The van der Waals surface area contributed by atoms with Gasteiger partial charge in [0, 0.05) is 26.1 Å². The Morgan fingerprint density at radius 1 is 1.06 bits per heavy atom. The van der Waals surface area contributed by atoms with Crippen molar-refractivity contribution in [2.45, 2.75) is 31.6 Å². The van der Waals surface area contributed by atoms with Gasteiger partial charge < -0.3 is 14.8 Å². The first-order chi connectivity index (χ1) is 16.9. The summed E-state index contributed by atoms with van der Waals surface area (Å²) in [4.78, 5) is 12.7. The minimum Gasteiger partial charge on any atom is -0.495 e. The number of nitrogens with one attached hydrogen (secondary N) is 1. The van der Waals surface area contributed by atoms with E-state index < -0.39 is 20.0 Å². The number of benzene rings is 2. The summed E-state index contributed by atoms with van der Waals surface area (Å²) in [5.41, 5.74) is 2.66. The summed E-state index contributed by atoms with van der Waals surface area (Å²) in [6.07, 6.45) is 1.43. The smallest absolute Gasteiger partial charge is 0.243 e. The van der Waals surface area contributed by atoms with Crippen LogP contribution in [0.2, 0.25) is 0 Å². The van der Waals surface area contributed by atoms with Crippen molar-refractivity contribution in [2.75, 3.05) is 55.8 Å². The lowest BCUT2D eigenvalue weighted by Gasteiger charge is -2.26. The van der Waals surface area contributed by atoms with E-state index >= 15 is 0 Å². The number of methoxy groups -OCH3 is 1. The van der Waals surface area contributed by atoms with Crippen molar-refractivity contribution < 1.29 is 31.1 Å². The summed E-state index contributed by atoms with van der Waals surface area (Å²) in [5, 5.41) is 2.71. The summed E-state index contributed by atoms with van der Waals surface area (Å²) in [5.74, 6) is -0.0691. The number of rotatable bonds is 10. The van der Waals surface area contributed by atoms with Gasteiger partial charge in [0.25, 0.3) is 0 Å². The van der Waals surface area contributed by atoms with Gasteiger partial charge in [0.1, 0.15) is 5.75 Å². The minimum atomic E-state index is -3.75. The molecule has 36 heavy (non-hydrogen) atoms. The number of ether oxygens (including phenoxy) is 2. The Kier molecular flexibility index (Phi) is 8.98. The summed E-state index contributed by atoms with van der Waals surface area (Å²) in [6.45, 7) is 5.08. The highest BCUT2D eigenvalue weighted by Gasteiger charge is 2.27. The first-order valence-corrected chi connectivity index (χ1v) is 14.8. The Morgan fingerprint density at radius 2 is 1.69 bits per heavy atom. The molecule has 1 amide bonds. The SMILES string of the molecule is COc1ccc(S(=O)(=O)N2CCOCC2)cc1NC(=O)CCCN(c1cc(C)cc(C)c1)S(C)(=O)=O. The van der Waals surface area contributed by atoms with E-state index in [1.54, 1.807) is 12.1 Å². The molecule has 12 heteroatoms. The van der Waals surface area contributed by atoms with Crippen LogP contribution in [0, 0.1) is 13.8 Å². The topological polar surface area (TPSA) is 122 Å². The van der Waals surface area contributed by atoms with Crippen LogP contribution in [0.25, 0.3) is 0 Å². The molecule has 1 saturated heterocycles. The third-order valence-electron chi connectivity index (χ3n) is 5.71. The highest BCUT2D eigenvalue weighted by Crippen LogP contribution is 2.29. The third-order valence-corrected chi connectivity index (χ3v) is 8.80. The molecule has 0 atom stereocenters. The van der Waals surface area contributed by atoms with E-state index in [9.17, 15) is 21.6 Å². The van der Waals surface area contributed by atoms with Crippen molar-refractivity contribution in [1.82, 2.24) is 4.31 Å².